The number of rotatable bonds is 9. The van der Waals surface area contributed by atoms with E-state index in [4.69, 9.17) is 20.1 Å². The van der Waals surface area contributed by atoms with E-state index >= 15 is 0 Å². The predicted molar refractivity (Wildman–Crippen MR) is 119 cm³/mol. The van der Waals surface area contributed by atoms with E-state index < -0.39 is 18.0 Å². The van der Waals surface area contributed by atoms with Crippen LogP contribution in [0.1, 0.15) is 54.3 Å². The van der Waals surface area contributed by atoms with Crippen molar-refractivity contribution in [2.45, 2.75) is 45.8 Å². The highest BCUT2D eigenvalue weighted by atomic mass is 16.5. The lowest BCUT2D eigenvalue weighted by molar-refractivity contribution is -0.0427. The summed E-state index contributed by atoms with van der Waals surface area (Å²) in [4.78, 5) is 20.4. The highest BCUT2D eigenvalue weighted by molar-refractivity contribution is 5.87. The van der Waals surface area contributed by atoms with Crippen molar-refractivity contribution in [3.63, 3.8) is 0 Å². The third-order valence-electron chi connectivity index (χ3n) is 4.44. The van der Waals surface area contributed by atoms with Crippen LogP contribution in [-0.4, -0.2) is 57.8 Å². The van der Waals surface area contributed by atoms with Crippen LogP contribution in [0.25, 0.3) is 0 Å². The molecule has 0 amide bonds. The minimum Gasteiger partial charge on any atom is -0.478 e. The van der Waals surface area contributed by atoms with Crippen LogP contribution < -0.4 is 0 Å². The summed E-state index contributed by atoms with van der Waals surface area (Å²) in [7, 11) is 0. The molecule has 7 nitrogen and oxygen atoms in total. The fraction of sp³-hybridized carbons (Fsp3) is 0.417. The molecule has 2 aromatic rings. The highest BCUT2D eigenvalue weighted by Crippen LogP contribution is 2.13. The molecule has 4 N–H and O–H groups in total. The number of benzene rings is 2. The molecule has 0 radical (unpaired) electrons. The number of aromatic carboxylic acids is 2. The molecule has 2 atom stereocenters. The van der Waals surface area contributed by atoms with Crippen molar-refractivity contribution in [3.8, 4) is 0 Å². The van der Waals surface area contributed by atoms with Crippen LogP contribution >= 0.6 is 0 Å². The zero-order valence-corrected chi connectivity index (χ0v) is 18.3. The lowest BCUT2D eigenvalue weighted by Gasteiger charge is -2.21. The lowest BCUT2D eigenvalue weighted by Crippen LogP contribution is -2.28. The Morgan fingerprint density at radius 2 is 1.23 bits per heavy atom. The molecule has 0 fully saturated rings. The number of carboxylic acid groups (broad SMARTS) is 2. The molecule has 0 aliphatic carbocycles. The molecule has 2 unspecified atom stereocenters. The molecule has 0 heterocycles. The molecule has 0 saturated carbocycles. The van der Waals surface area contributed by atoms with Crippen LogP contribution in [0.5, 0.6) is 0 Å². The maximum absolute atomic E-state index is 10.2. The van der Waals surface area contributed by atoms with Gasteiger partial charge in [0.25, 0.3) is 0 Å². The monoisotopic (exact) mass is 434 g/mol. The molecule has 0 aliphatic heterocycles. The van der Waals surface area contributed by atoms with Gasteiger partial charge in [0, 0.05) is 0 Å². The minimum absolute atomic E-state index is 0.00956. The van der Waals surface area contributed by atoms with Crippen LogP contribution in [-0.2, 0) is 4.74 Å². The molecule has 0 bridgehead atoms. The summed E-state index contributed by atoms with van der Waals surface area (Å²) in [5.74, 6) is -1.45. The molecule has 2 rings (SSSR count). The second kappa shape index (κ2) is 17.0. The number of ether oxygens (including phenoxy) is 1. The van der Waals surface area contributed by atoms with E-state index in [1.807, 2.05) is 0 Å². The molecule has 0 saturated heterocycles. The average molecular weight is 435 g/mol. The summed E-state index contributed by atoms with van der Waals surface area (Å²) in [5, 5.41) is 35.1. The van der Waals surface area contributed by atoms with Gasteiger partial charge in [-0.2, -0.15) is 0 Å². The Morgan fingerprint density at radius 3 is 1.48 bits per heavy atom. The van der Waals surface area contributed by atoms with Gasteiger partial charge in [0.2, 0.25) is 0 Å². The second-order valence-corrected chi connectivity index (χ2v) is 6.81. The topological polar surface area (TPSA) is 124 Å². The molecule has 0 aromatic heterocycles. The van der Waals surface area contributed by atoms with Gasteiger partial charge < -0.3 is 25.2 Å². The number of carbonyl (C=O) groups is 2. The Labute approximate surface area is 183 Å². The van der Waals surface area contributed by atoms with Crippen molar-refractivity contribution < 1.29 is 34.8 Å². The smallest absolute Gasteiger partial charge is 0.335 e. The quantitative estimate of drug-likeness (QED) is 0.471. The van der Waals surface area contributed by atoms with E-state index in [9.17, 15) is 14.7 Å². The number of aliphatic hydroxyl groups is 2. The molecule has 2 aromatic carbocycles. The fourth-order valence-corrected chi connectivity index (χ4v) is 2.45. The van der Waals surface area contributed by atoms with Crippen LogP contribution in [0, 0.1) is 5.92 Å². The van der Waals surface area contributed by atoms with Gasteiger partial charge in [-0.3, -0.25) is 0 Å². The molecule has 0 spiro atoms. The predicted octanol–water partition coefficient (Wildman–Crippen LogP) is 3.95. The number of aliphatic hydroxyl groups excluding tert-OH is 2. The number of carboxylic acids is 2. The Balaban J connectivity index is 0.000000445. The normalized spacial score (nSPS) is 11.9. The van der Waals surface area contributed by atoms with Crippen molar-refractivity contribution in [3.05, 3.63) is 71.8 Å². The van der Waals surface area contributed by atoms with Crippen molar-refractivity contribution in [1.29, 1.82) is 0 Å². The summed E-state index contributed by atoms with van der Waals surface area (Å²) in [6.45, 7) is 6.25. The Bertz CT molecular complexity index is 666. The van der Waals surface area contributed by atoms with Gasteiger partial charge >= 0.3 is 11.9 Å². The van der Waals surface area contributed by atoms with Crippen molar-refractivity contribution in [1.82, 2.24) is 0 Å². The van der Waals surface area contributed by atoms with Crippen molar-refractivity contribution >= 4 is 11.9 Å². The van der Waals surface area contributed by atoms with E-state index in [0.29, 0.717) is 23.7 Å². The van der Waals surface area contributed by atoms with Gasteiger partial charge in [0.15, 0.2) is 0 Å². The molecule has 7 heteroatoms. The molecule has 172 valence electrons. The lowest BCUT2D eigenvalue weighted by atomic mass is 9.97. The van der Waals surface area contributed by atoms with Gasteiger partial charge in [0.1, 0.15) is 0 Å². The van der Waals surface area contributed by atoms with E-state index in [1.165, 1.54) is 0 Å². The Hall–Kier alpha value is -2.74. The van der Waals surface area contributed by atoms with Gasteiger partial charge in [-0.05, 0) is 37.1 Å². The Kier molecular flexibility index (Phi) is 15.5. The summed E-state index contributed by atoms with van der Waals surface area (Å²) in [6.07, 6.45) is 1.36. The third-order valence-corrected chi connectivity index (χ3v) is 4.44. The molecular weight excluding hydrogens is 400 g/mol. The summed E-state index contributed by atoms with van der Waals surface area (Å²) in [6, 6.07) is 16.6. The van der Waals surface area contributed by atoms with E-state index in [-0.39, 0.29) is 12.7 Å². The first-order valence-electron chi connectivity index (χ1n) is 10.2. The van der Waals surface area contributed by atoms with Crippen molar-refractivity contribution in [2.75, 3.05) is 13.2 Å². The second-order valence-electron chi connectivity index (χ2n) is 6.81. The molecule has 0 aliphatic rings. The maximum Gasteiger partial charge on any atom is 0.335 e. The number of hydrogen-bond acceptors (Lipinski definition) is 5. The van der Waals surface area contributed by atoms with Gasteiger partial charge in [0.05, 0.1) is 36.5 Å². The Morgan fingerprint density at radius 1 is 0.839 bits per heavy atom. The summed E-state index contributed by atoms with van der Waals surface area (Å²) in [5.41, 5.74) is 0.662. The zero-order chi connectivity index (χ0) is 23.6. The van der Waals surface area contributed by atoms with Crippen LogP contribution in [0.15, 0.2) is 60.7 Å². The standard InChI is InChI=1S/C10H22O3.2C7H6O2/c1-4-9(5-2)10(12)7-13-8(3)6-11;2*8-7(9)6-4-2-1-3-5-6/h8-12H,4-7H2,1-3H3;2*1-5H,(H,8,9). The molecule has 31 heavy (non-hydrogen) atoms. The SMILES string of the molecule is CCC(CC)C(O)COC(C)CO.O=C(O)c1ccccc1.O=C(O)c1ccccc1. The van der Waals surface area contributed by atoms with Gasteiger partial charge in [-0.25, -0.2) is 9.59 Å². The van der Waals surface area contributed by atoms with Crippen LogP contribution in [0.3, 0.4) is 0 Å². The third kappa shape index (κ3) is 13.2. The van der Waals surface area contributed by atoms with E-state index in [0.717, 1.165) is 12.8 Å². The number of hydrogen-bond donors (Lipinski definition) is 4. The fourth-order valence-electron chi connectivity index (χ4n) is 2.45. The first-order chi connectivity index (χ1) is 14.8. The average Bonchev–Trinajstić information content (AvgIpc) is 2.80. The van der Waals surface area contributed by atoms with E-state index in [2.05, 4.69) is 13.8 Å². The maximum atomic E-state index is 10.2. The largest absolute Gasteiger partial charge is 0.478 e. The zero-order valence-electron chi connectivity index (χ0n) is 18.3. The first-order valence-corrected chi connectivity index (χ1v) is 10.2. The van der Waals surface area contributed by atoms with Crippen LogP contribution in [0.4, 0.5) is 0 Å². The van der Waals surface area contributed by atoms with Gasteiger partial charge in [-0.15, -0.1) is 0 Å². The van der Waals surface area contributed by atoms with E-state index in [1.54, 1.807) is 67.6 Å². The first kappa shape index (κ1) is 28.3. The van der Waals surface area contributed by atoms with Crippen molar-refractivity contribution in [2.24, 2.45) is 5.92 Å². The van der Waals surface area contributed by atoms with Gasteiger partial charge in [-0.1, -0.05) is 63.1 Å². The van der Waals surface area contributed by atoms with Crippen LogP contribution in [0.2, 0.25) is 0 Å². The summed E-state index contributed by atoms with van der Waals surface area (Å²) < 4.78 is 5.24. The minimum atomic E-state index is -0.879. The highest BCUT2D eigenvalue weighted by Gasteiger charge is 2.16. The summed E-state index contributed by atoms with van der Waals surface area (Å²) >= 11 is 0. The molecular formula is C24H34O7.